The van der Waals surface area contributed by atoms with Gasteiger partial charge in [0, 0.05) is 12.1 Å². The van der Waals surface area contributed by atoms with E-state index in [4.69, 9.17) is 4.74 Å². The number of hydrogen-bond donors (Lipinski definition) is 0. The molecule has 4 nitrogen and oxygen atoms in total. The Bertz CT molecular complexity index is 448. The molecule has 4 heteroatoms. The summed E-state index contributed by atoms with van der Waals surface area (Å²) in [5, 5.41) is 8.15. The van der Waals surface area contributed by atoms with E-state index < -0.39 is 0 Å². The molecule has 14 heavy (non-hydrogen) atoms. The Morgan fingerprint density at radius 1 is 1.36 bits per heavy atom. The van der Waals surface area contributed by atoms with Crippen molar-refractivity contribution in [2.45, 2.75) is 19.9 Å². The quantitative estimate of drug-likeness (QED) is 0.729. The average molecular weight is 191 g/mol. The van der Waals surface area contributed by atoms with E-state index >= 15 is 0 Å². The molecule has 0 saturated carbocycles. The third-order valence-corrected chi connectivity index (χ3v) is 2.17. The summed E-state index contributed by atoms with van der Waals surface area (Å²) in [5.41, 5.74) is 1.92. The van der Waals surface area contributed by atoms with Crippen molar-refractivity contribution in [1.29, 1.82) is 0 Å². The number of rotatable bonds is 2. The number of benzene rings is 1. The molecule has 2 rings (SSSR count). The van der Waals surface area contributed by atoms with Crippen molar-refractivity contribution in [3.05, 3.63) is 18.2 Å². The first kappa shape index (κ1) is 8.99. The fraction of sp³-hybridized carbons (Fsp3) is 0.400. The molecule has 0 saturated heterocycles. The van der Waals surface area contributed by atoms with Crippen molar-refractivity contribution in [1.82, 2.24) is 15.0 Å². The SMILES string of the molecule is COc1ccc2nnn(C(C)C)c2c1. The first-order valence-electron chi connectivity index (χ1n) is 4.61. The maximum absolute atomic E-state index is 5.16. The van der Waals surface area contributed by atoms with E-state index in [0.717, 1.165) is 16.8 Å². The molecule has 0 bridgehead atoms. The van der Waals surface area contributed by atoms with Gasteiger partial charge in [0.25, 0.3) is 0 Å². The van der Waals surface area contributed by atoms with E-state index in [2.05, 4.69) is 24.2 Å². The third kappa shape index (κ3) is 1.32. The van der Waals surface area contributed by atoms with E-state index in [1.165, 1.54) is 0 Å². The summed E-state index contributed by atoms with van der Waals surface area (Å²) in [4.78, 5) is 0. The zero-order valence-electron chi connectivity index (χ0n) is 8.56. The van der Waals surface area contributed by atoms with Crippen molar-refractivity contribution in [3.8, 4) is 5.75 Å². The minimum atomic E-state index is 0.312. The molecule has 0 amide bonds. The highest BCUT2D eigenvalue weighted by atomic mass is 16.5. The van der Waals surface area contributed by atoms with Crippen molar-refractivity contribution in [2.75, 3.05) is 7.11 Å². The number of nitrogens with zero attached hydrogens (tertiary/aromatic N) is 3. The Morgan fingerprint density at radius 3 is 2.79 bits per heavy atom. The summed E-state index contributed by atoms with van der Waals surface area (Å²) in [7, 11) is 1.66. The monoisotopic (exact) mass is 191 g/mol. The van der Waals surface area contributed by atoms with Crippen LogP contribution in [-0.4, -0.2) is 22.1 Å². The molecular formula is C10H13N3O. The van der Waals surface area contributed by atoms with Crippen LogP contribution in [0.3, 0.4) is 0 Å². The predicted octanol–water partition coefficient (Wildman–Crippen LogP) is 2.02. The van der Waals surface area contributed by atoms with Gasteiger partial charge in [0.05, 0.1) is 12.6 Å². The maximum atomic E-state index is 5.16. The first-order valence-corrected chi connectivity index (χ1v) is 4.61. The molecule has 0 aliphatic carbocycles. The van der Waals surface area contributed by atoms with Crippen LogP contribution in [0.25, 0.3) is 11.0 Å². The molecule has 0 unspecified atom stereocenters. The van der Waals surface area contributed by atoms with Crippen molar-refractivity contribution in [2.24, 2.45) is 0 Å². The molecule has 0 spiro atoms. The molecule has 1 aromatic carbocycles. The van der Waals surface area contributed by atoms with Gasteiger partial charge >= 0.3 is 0 Å². The highest BCUT2D eigenvalue weighted by Crippen LogP contribution is 2.20. The zero-order valence-corrected chi connectivity index (χ0v) is 8.56. The summed E-state index contributed by atoms with van der Waals surface area (Å²) in [5.74, 6) is 0.835. The number of ether oxygens (including phenoxy) is 1. The Kier molecular flexibility index (Phi) is 2.11. The molecular weight excluding hydrogens is 178 g/mol. The van der Waals surface area contributed by atoms with Crippen LogP contribution in [0.2, 0.25) is 0 Å². The molecule has 74 valence electrons. The molecule has 0 atom stereocenters. The number of fused-ring (bicyclic) bond motifs is 1. The van der Waals surface area contributed by atoms with Gasteiger partial charge in [-0.15, -0.1) is 5.10 Å². The van der Waals surface area contributed by atoms with Gasteiger partial charge in [0.1, 0.15) is 11.3 Å². The molecule has 2 aromatic rings. The van der Waals surface area contributed by atoms with Gasteiger partial charge in [-0.25, -0.2) is 4.68 Å². The summed E-state index contributed by atoms with van der Waals surface area (Å²) in [6.07, 6.45) is 0. The van der Waals surface area contributed by atoms with E-state index in [0.29, 0.717) is 6.04 Å². The lowest BCUT2D eigenvalue weighted by molar-refractivity contribution is 0.415. The summed E-state index contributed by atoms with van der Waals surface area (Å²) >= 11 is 0. The topological polar surface area (TPSA) is 39.9 Å². The van der Waals surface area contributed by atoms with Crippen LogP contribution >= 0.6 is 0 Å². The van der Waals surface area contributed by atoms with Crippen LogP contribution in [0.15, 0.2) is 18.2 Å². The molecule has 0 N–H and O–H groups in total. The summed E-state index contributed by atoms with van der Waals surface area (Å²) in [6.45, 7) is 4.15. The summed E-state index contributed by atoms with van der Waals surface area (Å²) < 4.78 is 7.04. The van der Waals surface area contributed by atoms with Gasteiger partial charge in [0.2, 0.25) is 0 Å². The van der Waals surface area contributed by atoms with Crippen LogP contribution in [0.1, 0.15) is 19.9 Å². The predicted molar refractivity (Wildman–Crippen MR) is 54.5 cm³/mol. The van der Waals surface area contributed by atoms with Crippen molar-refractivity contribution in [3.63, 3.8) is 0 Å². The second-order valence-corrected chi connectivity index (χ2v) is 3.48. The smallest absolute Gasteiger partial charge is 0.121 e. The minimum Gasteiger partial charge on any atom is -0.497 e. The second-order valence-electron chi connectivity index (χ2n) is 3.48. The molecule has 1 heterocycles. The highest BCUT2D eigenvalue weighted by Gasteiger charge is 2.07. The lowest BCUT2D eigenvalue weighted by atomic mass is 10.3. The van der Waals surface area contributed by atoms with Crippen LogP contribution < -0.4 is 4.74 Å². The Morgan fingerprint density at radius 2 is 2.14 bits per heavy atom. The number of hydrogen-bond acceptors (Lipinski definition) is 3. The van der Waals surface area contributed by atoms with Crippen LogP contribution in [0, 0.1) is 0 Å². The van der Waals surface area contributed by atoms with E-state index in [-0.39, 0.29) is 0 Å². The van der Waals surface area contributed by atoms with Gasteiger partial charge < -0.3 is 4.74 Å². The molecule has 0 radical (unpaired) electrons. The molecule has 0 aliphatic heterocycles. The van der Waals surface area contributed by atoms with Crippen molar-refractivity contribution >= 4 is 11.0 Å². The fourth-order valence-corrected chi connectivity index (χ4v) is 1.42. The van der Waals surface area contributed by atoms with Crippen molar-refractivity contribution < 1.29 is 4.74 Å². The maximum Gasteiger partial charge on any atom is 0.121 e. The lowest BCUT2D eigenvalue weighted by Crippen LogP contribution is -2.02. The zero-order chi connectivity index (χ0) is 10.1. The lowest BCUT2D eigenvalue weighted by Gasteiger charge is -2.05. The third-order valence-electron chi connectivity index (χ3n) is 2.17. The van der Waals surface area contributed by atoms with Gasteiger partial charge in [0.15, 0.2) is 0 Å². The number of methoxy groups -OCH3 is 1. The first-order chi connectivity index (χ1) is 6.72. The largest absolute Gasteiger partial charge is 0.497 e. The Labute approximate surface area is 82.5 Å². The van der Waals surface area contributed by atoms with E-state index in [1.54, 1.807) is 7.11 Å². The highest BCUT2D eigenvalue weighted by molar-refractivity contribution is 5.76. The minimum absolute atomic E-state index is 0.312. The van der Waals surface area contributed by atoms with E-state index in [9.17, 15) is 0 Å². The standard InChI is InChI=1S/C10H13N3O/c1-7(2)13-10-6-8(14-3)4-5-9(10)11-12-13/h4-7H,1-3H3. The fourth-order valence-electron chi connectivity index (χ4n) is 1.42. The second kappa shape index (κ2) is 3.29. The average Bonchev–Trinajstić information content (AvgIpc) is 2.59. The molecule has 1 aromatic heterocycles. The number of aromatic nitrogens is 3. The molecule has 0 aliphatic rings. The van der Waals surface area contributed by atoms with Gasteiger partial charge in [-0.05, 0) is 26.0 Å². The normalized spacial score (nSPS) is 11.1. The van der Waals surface area contributed by atoms with Gasteiger partial charge in [-0.2, -0.15) is 0 Å². The Hall–Kier alpha value is -1.58. The Balaban J connectivity index is 2.63. The van der Waals surface area contributed by atoms with E-state index in [1.807, 2.05) is 22.9 Å². The van der Waals surface area contributed by atoms with Crippen LogP contribution in [-0.2, 0) is 0 Å². The molecule has 0 fully saturated rings. The van der Waals surface area contributed by atoms with Gasteiger partial charge in [-0.3, -0.25) is 0 Å². The summed E-state index contributed by atoms with van der Waals surface area (Å²) in [6, 6.07) is 6.07. The van der Waals surface area contributed by atoms with Crippen LogP contribution in [0.4, 0.5) is 0 Å². The van der Waals surface area contributed by atoms with Gasteiger partial charge in [-0.1, -0.05) is 5.21 Å². The van der Waals surface area contributed by atoms with Crippen LogP contribution in [0.5, 0.6) is 5.75 Å².